The van der Waals surface area contributed by atoms with E-state index in [2.05, 4.69) is 22.5 Å². The molecular weight excluding hydrogens is 293 g/mol. The average Bonchev–Trinajstić information content (AvgIpc) is 2.58. The van der Waals surface area contributed by atoms with Gasteiger partial charge < -0.3 is 10.6 Å². The minimum atomic E-state index is -0.256. The van der Waals surface area contributed by atoms with E-state index in [9.17, 15) is 9.18 Å². The van der Waals surface area contributed by atoms with Gasteiger partial charge in [0, 0.05) is 24.8 Å². The second-order valence-corrected chi connectivity index (χ2v) is 5.37. The molecule has 0 aliphatic heterocycles. The fourth-order valence-electron chi connectivity index (χ4n) is 2.14. The Bertz CT molecular complexity index is 628. The van der Waals surface area contributed by atoms with Gasteiger partial charge in [0.05, 0.1) is 0 Å². The first-order valence-corrected chi connectivity index (χ1v) is 7.91. The highest BCUT2D eigenvalue weighted by atomic mass is 19.1. The molecular formula is C18H22FN3O. The summed E-state index contributed by atoms with van der Waals surface area (Å²) in [6, 6.07) is 9.69. The first-order valence-electron chi connectivity index (χ1n) is 7.91. The third-order valence-electron chi connectivity index (χ3n) is 3.47. The summed E-state index contributed by atoms with van der Waals surface area (Å²) in [4.78, 5) is 16.3. The molecule has 2 N–H and O–H groups in total. The van der Waals surface area contributed by atoms with Crippen molar-refractivity contribution in [2.24, 2.45) is 0 Å². The van der Waals surface area contributed by atoms with Crippen LogP contribution >= 0.6 is 0 Å². The minimum absolute atomic E-state index is 0.0895. The first kappa shape index (κ1) is 16.9. The van der Waals surface area contributed by atoms with Crippen molar-refractivity contribution in [2.75, 3.05) is 11.9 Å². The maximum atomic E-state index is 12.9. The Balaban J connectivity index is 1.88. The molecule has 0 unspecified atom stereocenters. The maximum absolute atomic E-state index is 12.9. The van der Waals surface area contributed by atoms with Gasteiger partial charge in [0.15, 0.2) is 0 Å². The van der Waals surface area contributed by atoms with Gasteiger partial charge in [-0.1, -0.05) is 31.9 Å². The normalized spacial score (nSPS) is 10.3. The third-order valence-corrected chi connectivity index (χ3v) is 3.47. The number of carbonyl (C=O) groups is 1. The van der Waals surface area contributed by atoms with E-state index in [1.165, 1.54) is 12.1 Å². The van der Waals surface area contributed by atoms with Gasteiger partial charge in [0.2, 0.25) is 0 Å². The van der Waals surface area contributed by atoms with Crippen molar-refractivity contribution in [3.05, 3.63) is 59.5 Å². The van der Waals surface area contributed by atoms with Gasteiger partial charge in [0.25, 0.3) is 5.91 Å². The summed E-state index contributed by atoms with van der Waals surface area (Å²) in [5, 5.41) is 6.04. The standard InChI is InChI=1S/C18H22FN3O/c1-2-3-4-10-21-18(23)15-9-11-20-17(12-15)22-13-14-5-7-16(19)8-6-14/h5-9,11-12H,2-4,10,13H2,1H3,(H,20,22)(H,21,23). The fraction of sp³-hybridized carbons (Fsp3) is 0.333. The number of nitrogens with zero attached hydrogens (tertiary/aromatic N) is 1. The molecule has 0 atom stereocenters. The van der Waals surface area contributed by atoms with E-state index in [1.54, 1.807) is 30.5 Å². The van der Waals surface area contributed by atoms with Gasteiger partial charge in [-0.3, -0.25) is 4.79 Å². The number of benzene rings is 1. The van der Waals surface area contributed by atoms with Crippen molar-refractivity contribution in [1.82, 2.24) is 10.3 Å². The van der Waals surface area contributed by atoms with Crippen LogP contribution in [-0.4, -0.2) is 17.4 Å². The quantitative estimate of drug-likeness (QED) is 0.729. The van der Waals surface area contributed by atoms with E-state index in [-0.39, 0.29) is 11.7 Å². The Morgan fingerprint density at radius 2 is 1.96 bits per heavy atom. The van der Waals surface area contributed by atoms with Crippen LogP contribution in [0.4, 0.5) is 10.2 Å². The lowest BCUT2D eigenvalue weighted by Crippen LogP contribution is -2.24. The topological polar surface area (TPSA) is 54.0 Å². The van der Waals surface area contributed by atoms with Crippen LogP contribution in [0.5, 0.6) is 0 Å². The second kappa shape index (κ2) is 8.88. The molecule has 1 heterocycles. The van der Waals surface area contributed by atoms with Crippen LogP contribution in [0.15, 0.2) is 42.6 Å². The third kappa shape index (κ3) is 5.70. The molecule has 0 radical (unpaired) electrons. The van der Waals surface area contributed by atoms with E-state index in [0.29, 0.717) is 24.5 Å². The zero-order chi connectivity index (χ0) is 16.5. The average molecular weight is 315 g/mol. The van der Waals surface area contributed by atoms with Crippen LogP contribution in [0.2, 0.25) is 0 Å². The highest BCUT2D eigenvalue weighted by Gasteiger charge is 2.06. The highest BCUT2D eigenvalue weighted by Crippen LogP contribution is 2.10. The zero-order valence-electron chi connectivity index (χ0n) is 13.3. The predicted molar refractivity (Wildman–Crippen MR) is 89.8 cm³/mol. The molecule has 1 amide bonds. The largest absolute Gasteiger partial charge is 0.366 e. The maximum Gasteiger partial charge on any atom is 0.251 e. The summed E-state index contributed by atoms with van der Waals surface area (Å²) >= 11 is 0. The molecule has 0 aliphatic rings. The van der Waals surface area contributed by atoms with Crippen LogP contribution in [0.1, 0.15) is 42.1 Å². The van der Waals surface area contributed by atoms with Crippen LogP contribution in [0.25, 0.3) is 0 Å². The summed E-state index contributed by atoms with van der Waals surface area (Å²) in [5.41, 5.74) is 1.53. The number of nitrogens with one attached hydrogen (secondary N) is 2. The highest BCUT2D eigenvalue weighted by molar-refractivity contribution is 5.94. The van der Waals surface area contributed by atoms with Crippen molar-refractivity contribution in [3.63, 3.8) is 0 Å². The molecule has 122 valence electrons. The minimum Gasteiger partial charge on any atom is -0.366 e. The van der Waals surface area contributed by atoms with E-state index < -0.39 is 0 Å². The number of anilines is 1. The van der Waals surface area contributed by atoms with Gasteiger partial charge in [-0.15, -0.1) is 0 Å². The van der Waals surface area contributed by atoms with Gasteiger partial charge >= 0.3 is 0 Å². The van der Waals surface area contributed by atoms with Crippen molar-refractivity contribution in [3.8, 4) is 0 Å². The number of rotatable bonds is 8. The van der Waals surface area contributed by atoms with E-state index in [1.807, 2.05) is 0 Å². The number of halogens is 1. The van der Waals surface area contributed by atoms with Crippen molar-refractivity contribution < 1.29 is 9.18 Å². The molecule has 0 fully saturated rings. The molecule has 0 bridgehead atoms. The Morgan fingerprint density at radius 1 is 1.17 bits per heavy atom. The number of pyridine rings is 1. The molecule has 2 rings (SSSR count). The predicted octanol–water partition coefficient (Wildman–Crippen LogP) is 3.75. The summed E-state index contributed by atoms with van der Waals surface area (Å²) in [6.45, 7) is 3.34. The van der Waals surface area contributed by atoms with E-state index in [4.69, 9.17) is 0 Å². The van der Waals surface area contributed by atoms with Gasteiger partial charge in [0.1, 0.15) is 11.6 Å². The van der Waals surface area contributed by atoms with Gasteiger partial charge in [-0.2, -0.15) is 0 Å². The molecule has 23 heavy (non-hydrogen) atoms. The molecule has 1 aromatic heterocycles. The molecule has 5 heteroatoms. The van der Waals surface area contributed by atoms with E-state index in [0.717, 1.165) is 24.8 Å². The lowest BCUT2D eigenvalue weighted by atomic mass is 10.2. The number of aromatic nitrogens is 1. The molecule has 4 nitrogen and oxygen atoms in total. The van der Waals surface area contributed by atoms with E-state index >= 15 is 0 Å². The van der Waals surface area contributed by atoms with Crippen LogP contribution < -0.4 is 10.6 Å². The van der Waals surface area contributed by atoms with Crippen LogP contribution in [0.3, 0.4) is 0 Å². The molecule has 2 aromatic rings. The molecule has 0 aliphatic carbocycles. The second-order valence-electron chi connectivity index (χ2n) is 5.37. The fourth-order valence-corrected chi connectivity index (χ4v) is 2.14. The number of carbonyl (C=O) groups excluding carboxylic acids is 1. The van der Waals surface area contributed by atoms with Crippen molar-refractivity contribution in [1.29, 1.82) is 0 Å². The first-order chi connectivity index (χ1) is 11.2. The SMILES string of the molecule is CCCCCNC(=O)c1ccnc(NCc2ccc(F)cc2)c1. The number of hydrogen-bond acceptors (Lipinski definition) is 3. The summed E-state index contributed by atoms with van der Waals surface area (Å²) in [7, 11) is 0. The lowest BCUT2D eigenvalue weighted by Gasteiger charge is -2.08. The molecule has 0 saturated carbocycles. The smallest absolute Gasteiger partial charge is 0.251 e. The summed E-state index contributed by atoms with van der Waals surface area (Å²) in [5.74, 6) is 0.275. The number of hydrogen-bond donors (Lipinski definition) is 2. The zero-order valence-corrected chi connectivity index (χ0v) is 13.3. The Morgan fingerprint density at radius 3 is 2.70 bits per heavy atom. The van der Waals surface area contributed by atoms with Crippen molar-refractivity contribution >= 4 is 11.7 Å². The van der Waals surface area contributed by atoms with Crippen molar-refractivity contribution in [2.45, 2.75) is 32.7 Å². The van der Waals surface area contributed by atoms with Gasteiger partial charge in [-0.05, 0) is 36.2 Å². The molecule has 1 aromatic carbocycles. The summed E-state index contributed by atoms with van der Waals surface area (Å²) in [6.07, 6.45) is 4.83. The monoisotopic (exact) mass is 315 g/mol. The Kier molecular flexibility index (Phi) is 6.54. The summed E-state index contributed by atoms with van der Waals surface area (Å²) < 4.78 is 12.9. The van der Waals surface area contributed by atoms with Gasteiger partial charge in [-0.25, -0.2) is 9.37 Å². The Hall–Kier alpha value is -2.43. The molecule has 0 saturated heterocycles. The number of amides is 1. The lowest BCUT2D eigenvalue weighted by molar-refractivity contribution is 0.0953. The number of unbranched alkanes of at least 4 members (excludes halogenated alkanes) is 2. The van der Waals surface area contributed by atoms with Crippen LogP contribution in [-0.2, 0) is 6.54 Å². The van der Waals surface area contributed by atoms with Crippen LogP contribution in [0, 0.1) is 5.82 Å². The Labute approximate surface area is 136 Å². The molecule has 0 spiro atoms.